The van der Waals surface area contributed by atoms with Crippen LogP contribution in [0.15, 0.2) is 28.9 Å². The standard InChI is InChI=1S/C14H20N4O3/c1-2-12-3-4-13(21-12)8-16-11-7-17-18(9-11)10-14(20)15-5-6-19/h3-4,7,9,16,19H,2,5-6,8,10H2,1H3,(H,15,20). The van der Waals surface area contributed by atoms with Gasteiger partial charge in [-0.3, -0.25) is 9.48 Å². The number of amides is 1. The lowest BCUT2D eigenvalue weighted by Crippen LogP contribution is -2.30. The van der Waals surface area contributed by atoms with E-state index in [0.717, 1.165) is 23.6 Å². The highest BCUT2D eigenvalue weighted by molar-refractivity contribution is 5.75. The summed E-state index contributed by atoms with van der Waals surface area (Å²) in [5.41, 5.74) is 0.819. The largest absolute Gasteiger partial charge is 0.464 e. The van der Waals surface area contributed by atoms with Crippen molar-refractivity contribution in [1.29, 1.82) is 0 Å². The molecule has 2 aromatic heterocycles. The van der Waals surface area contributed by atoms with Crippen LogP contribution in [0, 0.1) is 0 Å². The van der Waals surface area contributed by atoms with Gasteiger partial charge in [-0.05, 0) is 12.1 Å². The first-order valence-corrected chi connectivity index (χ1v) is 6.92. The van der Waals surface area contributed by atoms with Crippen LogP contribution in [0.5, 0.6) is 0 Å². The predicted molar refractivity (Wildman–Crippen MR) is 77.7 cm³/mol. The molecule has 0 aliphatic heterocycles. The van der Waals surface area contributed by atoms with Crippen molar-refractivity contribution in [3.05, 3.63) is 36.0 Å². The number of hydrogen-bond acceptors (Lipinski definition) is 5. The van der Waals surface area contributed by atoms with Crippen LogP contribution < -0.4 is 10.6 Å². The van der Waals surface area contributed by atoms with Gasteiger partial charge in [0.2, 0.25) is 5.91 Å². The van der Waals surface area contributed by atoms with Crippen LogP contribution in [0.4, 0.5) is 5.69 Å². The summed E-state index contributed by atoms with van der Waals surface area (Å²) in [4.78, 5) is 11.5. The SMILES string of the molecule is CCc1ccc(CNc2cnn(CC(=O)NCCO)c2)o1. The average molecular weight is 292 g/mol. The highest BCUT2D eigenvalue weighted by atomic mass is 16.3. The summed E-state index contributed by atoms with van der Waals surface area (Å²) in [6.07, 6.45) is 4.28. The molecule has 0 unspecified atom stereocenters. The van der Waals surface area contributed by atoms with Crippen LogP contribution in [0.2, 0.25) is 0 Å². The normalized spacial score (nSPS) is 10.6. The van der Waals surface area contributed by atoms with Crippen LogP contribution in [0.1, 0.15) is 18.4 Å². The van der Waals surface area contributed by atoms with Crippen LogP contribution in [-0.2, 0) is 24.3 Å². The third kappa shape index (κ3) is 4.64. The van der Waals surface area contributed by atoms with Crippen molar-refractivity contribution in [2.24, 2.45) is 0 Å². The minimum absolute atomic E-state index is 0.0689. The van der Waals surface area contributed by atoms with Crippen LogP contribution in [0.3, 0.4) is 0 Å². The smallest absolute Gasteiger partial charge is 0.241 e. The lowest BCUT2D eigenvalue weighted by atomic mass is 10.3. The van der Waals surface area contributed by atoms with E-state index in [1.54, 1.807) is 12.4 Å². The molecule has 0 saturated carbocycles. The number of rotatable bonds is 8. The maximum absolute atomic E-state index is 11.5. The Balaban J connectivity index is 1.81. The topological polar surface area (TPSA) is 92.3 Å². The highest BCUT2D eigenvalue weighted by Gasteiger charge is 2.05. The van der Waals surface area contributed by atoms with Gasteiger partial charge in [0.25, 0.3) is 0 Å². The molecule has 0 fully saturated rings. The molecule has 3 N–H and O–H groups in total. The number of aliphatic hydroxyl groups is 1. The first-order chi connectivity index (χ1) is 10.2. The quantitative estimate of drug-likeness (QED) is 0.668. The number of aliphatic hydroxyl groups excluding tert-OH is 1. The summed E-state index contributed by atoms with van der Waals surface area (Å²) in [5, 5.41) is 18.5. The monoisotopic (exact) mass is 292 g/mol. The van der Waals surface area contributed by atoms with E-state index < -0.39 is 0 Å². The van der Waals surface area contributed by atoms with E-state index in [9.17, 15) is 4.79 Å². The Hall–Kier alpha value is -2.28. The van der Waals surface area contributed by atoms with Gasteiger partial charge in [-0.25, -0.2) is 0 Å². The summed E-state index contributed by atoms with van der Waals surface area (Å²) < 4.78 is 7.13. The van der Waals surface area contributed by atoms with Crippen molar-refractivity contribution in [2.45, 2.75) is 26.4 Å². The van der Waals surface area contributed by atoms with Crippen molar-refractivity contribution in [1.82, 2.24) is 15.1 Å². The minimum atomic E-state index is -0.183. The summed E-state index contributed by atoms with van der Waals surface area (Å²) >= 11 is 0. The van der Waals surface area contributed by atoms with E-state index in [2.05, 4.69) is 15.7 Å². The van der Waals surface area contributed by atoms with Gasteiger partial charge in [-0.1, -0.05) is 6.92 Å². The zero-order valence-electron chi connectivity index (χ0n) is 12.0. The Morgan fingerprint density at radius 1 is 1.43 bits per heavy atom. The van der Waals surface area contributed by atoms with Crippen molar-refractivity contribution in [2.75, 3.05) is 18.5 Å². The molecular weight excluding hydrogens is 272 g/mol. The van der Waals surface area contributed by atoms with Gasteiger partial charge < -0.3 is 20.2 Å². The Morgan fingerprint density at radius 2 is 2.24 bits per heavy atom. The molecule has 1 amide bonds. The second kappa shape index (κ2) is 7.49. The number of nitrogens with one attached hydrogen (secondary N) is 2. The van der Waals surface area contributed by atoms with Crippen LogP contribution >= 0.6 is 0 Å². The Morgan fingerprint density at radius 3 is 2.95 bits per heavy atom. The molecule has 0 radical (unpaired) electrons. The molecule has 2 heterocycles. The van der Waals surface area contributed by atoms with Gasteiger partial charge in [0.1, 0.15) is 18.1 Å². The fourth-order valence-corrected chi connectivity index (χ4v) is 1.84. The molecule has 0 atom stereocenters. The van der Waals surface area contributed by atoms with Crippen molar-refractivity contribution in [3.8, 4) is 0 Å². The number of furan rings is 1. The molecule has 0 saturated heterocycles. The lowest BCUT2D eigenvalue weighted by Gasteiger charge is -2.03. The molecule has 2 aromatic rings. The second-order valence-electron chi connectivity index (χ2n) is 4.58. The van der Waals surface area contributed by atoms with Gasteiger partial charge in [0.15, 0.2) is 0 Å². The van der Waals surface area contributed by atoms with Gasteiger partial charge in [-0.15, -0.1) is 0 Å². The van der Waals surface area contributed by atoms with Gasteiger partial charge in [0.05, 0.1) is 25.0 Å². The zero-order valence-corrected chi connectivity index (χ0v) is 12.0. The van der Waals surface area contributed by atoms with Crippen LogP contribution in [0.25, 0.3) is 0 Å². The fourth-order valence-electron chi connectivity index (χ4n) is 1.84. The molecule has 2 rings (SSSR count). The van der Waals surface area contributed by atoms with E-state index in [0.29, 0.717) is 6.54 Å². The molecule has 7 nitrogen and oxygen atoms in total. The number of aryl methyl sites for hydroxylation is 1. The summed E-state index contributed by atoms with van der Waals surface area (Å²) in [6.45, 7) is 2.93. The molecule has 21 heavy (non-hydrogen) atoms. The van der Waals surface area contributed by atoms with E-state index in [1.807, 2.05) is 19.1 Å². The molecule has 0 aliphatic carbocycles. The third-order valence-corrected chi connectivity index (χ3v) is 2.91. The Kier molecular flexibility index (Phi) is 5.39. The average Bonchev–Trinajstić information content (AvgIpc) is 3.11. The number of anilines is 1. The maximum Gasteiger partial charge on any atom is 0.241 e. The van der Waals surface area contributed by atoms with Gasteiger partial charge in [0, 0.05) is 19.2 Å². The van der Waals surface area contributed by atoms with E-state index in [4.69, 9.17) is 9.52 Å². The molecule has 0 aliphatic rings. The Bertz CT molecular complexity index is 576. The second-order valence-corrected chi connectivity index (χ2v) is 4.58. The third-order valence-electron chi connectivity index (χ3n) is 2.91. The number of carbonyl (C=O) groups is 1. The predicted octanol–water partition coefficient (Wildman–Crippen LogP) is 0.759. The van der Waals surface area contributed by atoms with Crippen LogP contribution in [-0.4, -0.2) is 33.9 Å². The van der Waals surface area contributed by atoms with E-state index in [1.165, 1.54) is 4.68 Å². The van der Waals surface area contributed by atoms with Crippen molar-refractivity contribution in [3.63, 3.8) is 0 Å². The van der Waals surface area contributed by atoms with Crippen molar-refractivity contribution < 1.29 is 14.3 Å². The number of nitrogens with zero attached hydrogens (tertiary/aromatic N) is 2. The molecule has 114 valence electrons. The molecule has 0 bridgehead atoms. The first-order valence-electron chi connectivity index (χ1n) is 6.92. The fraction of sp³-hybridized carbons (Fsp3) is 0.429. The van der Waals surface area contributed by atoms with Crippen molar-refractivity contribution >= 4 is 11.6 Å². The zero-order chi connectivity index (χ0) is 15.1. The Labute approximate surface area is 123 Å². The van der Waals surface area contributed by atoms with E-state index in [-0.39, 0.29) is 25.6 Å². The molecule has 0 aromatic carbocycles. The summed E-state index contributed by atoms with van der Waals surface area (Å²) in [7, 11) is 0. The van der Waals surface area contributed by atoms with Gasteiger partial charge in [-0.2, -0.15) is 5.10 Å². The molecular formula is C14H20N4O3. The number of hydrogen-bond donors (Lipinski definition) is 3. The maximum atomic E-state index is 11.5. The lowest BCUT2D eigenvalue weighted by molar-refractivity contribution is -0.122. The summed E-state index contributed by atoms with van der Waals surface area (Å²) in [6, 6.07) is 3.91. The first kappa shape index (κ1) is 15.1. The highest BCUT2D eigenvalue weighted by Crippen LogP contribution is 2.11. The number of aromatic nitrogens is 2. The minimum Gasteiger partial charge on any atom is -0.464 e. The molecule has 7 heteroatoms. The molecule has 0 spiro atoms. The van der Waals surface area contributed by atoms with Gasteiger partial charge >= 0.3 is 0 Å². The number of carbonyl (C=O) groups excluding carboxylic acids is 1. The summed E-state index contributed by atoms with van der Waals surface area (Å²) in [5.74, 6) is 1.64. The van der Waals surface area contributed by atoms with E-state index >= 15 is 0 Å².